The predicted molar refractivity (Wildman–Crippen MR) is 83.0 cm³/mol. The molecule has 0 unspecified atom stereocenters. The van der Waals surface area contributed by atoms with Crippen molar-refractivity contribution in [1.29, 1.82) is 0 Å². The van der Waals surface area contributed by atoms with Crippen molar-refractivity contribution < 1.29 is 9.90 Å². The third-order valence-electron chi connectivity index (χ3n) is 5.54. The molecule has 0 amide bonds. The summed E-state index contributed by atoms with van der Waals surface area (Å²) in [5.74, 6) is -0.161. The standard InChI is InChI=1S/C18H25NO2/c20-17(21)18(10-4-5-11-18)16-8-12-19(13-9-16)14-15-6-2-1-3-7-15/h1-3,6-7,16H,4-5,8-14H2,(H,20,21). The molecule has 1 aliphatic carbocycles. The zero-order valence-electron chi connectivity index (χ0n) is 12.6. The Hall–Kier alpha value is -1.35. The van der Waals surface area contributed by atoms with Gasteiger partial charge in [-0.25, -0.2) is 0 Å². The largest absolute Gasteiger partial charge is 0.481 e. The number of hydrogen-bond donors (Lipinski definition) is 1. The molecule has 2 aliphatic rings. The molecule has 0 aromatic heterocycles. The summed E-state index contributed by atoms with van der Waals surface area (Å²) in [6, 6.07) is 10.6. The summed E-state index contributed by atoms with van der Waals surface area (Å²) in [5.41, 5.74) is 0.948. The fourth-order valence-electron chi connectivity index (χ4n) is 4.29. The van der Waals surface area contributed by atoms with Crippen LogP contribution in [0, 0.1) is 11.3 Å². The van der Waals surface area contributed by atoms with Gasteiger partial charge in [-0.2, -0.15) is 0 Å². The van der Waals surface area contributed by atoms with E-state index in [0.29, 0.717) is 5.92 Å². The van der Waals surface area contributed by atoms with Gasteiger partial charge in [0.1, 0.15) is 0 Å². The van der Waals surface area contributed by atoms with Gasteiger partial charge in [0.2, 0.25) is 0 Å². The summed E-state index contributed by atoms with van der Waals surface area (Å²) in [6.45, 7) is 3.07. The molecule has 0 bridgehead atoms. The van der Waals surface area contributed by atoms with Crippen LogP contribution in [0.3, 0.4) is 0 Å². The third-order valence-corrected chi connectivity index (χ3v) is 5.54. The number of rotatable bonds is 4. The lowest BCUT2D eigenvalue weighted by Gasteiger charge is -2.40. The first-order chi connectivity index (χ1) is 10.2. The molecule has 114 valence electrons. The van der Waals surface area contributed by atoms with E-state index in [-0.39, 0.29) is 0 Å². The van der Waals surface area contributed by atoms with Crippen LogP contribution in [0.4, 0.5) is 0 Å². The molecule has 1 saturated heterocycles. The molecular weight excluding hydrogens is 262 g/mol. The van der Waals surface area contributed by atoms with Crippen molar-refractivity contribution in [3.63, 3.8) is 0 Å². The van der Waals surface area contributed by atoms with Crippen molar-refractivity contribution in [2.45, 2.75) is 45.1 Å². The van der Waals surface area contributed by atoms with E-state index in [1.54, 1.807) is 0 Å². The summed E-state index contributed by atoms with van der Waals surface area (Å²) < 4.78 is 0. The van der Waals surface area contributed by atoms with Crippen LogP contribution in [0.25, 0.3) is 0 Å². The highest BCUT2D eigenvalue weighted by atomic mass is 16.4. The van der Waals surface area contributed by atoms with E-state index in [0.717, 1.165) is 58.2 Å². The summed E-state index contributed by atoms with van der Waals surface area (Å²) in [5, 5.41) is 9.70. The lowest BCUT2D eigenvalue weighted by atomic mass is 9.69. The van der Waals surface area contributed by atoms with Gasteiger partial charge in [-0.05, 0) is 50.3 Å². The molecule has 1 aliphatic heterocycles. The Labute approximate surface area is 127 Å². The number of benzene rings is 1. The van der Waals surface area contributed by atoms with Gasteiger partial charge in [0.25, 0.3) is 0 Å². The minimum absolute atomic E-state index is 0.379. The molecular formula is C18H25NO2. The van der Waals surface area contributed by atoms with Crippen molar-refractivity contribution in [1.82, 2.24) is 4.90 Å². The Bertz CT molecular complexity index is 471. The molecule has 3 heteroatoms. The molecule has 0 atom stereocenters. The highest BCUT2D eigenvalue weighted by Gasteiger charge is 2.48. The second kappa shape index (κ2) is 6.18. The highest BCUT2D eigenvalue weighted by molar-refractivity contribution is 5.75. The number of carboxylic acid groups (broad SMARTS) is 1. The summed E-state index contributed by atoms with van der Waals surface area (Å²) >= 11 is 0. The Balaban J connectivity index is 1.59. The molecule has 1 N–H and O–H groups in total. The lowest BCUT2D eigenvalue weighted by Crippen LogP contribution is -2.43. The quantitative estimate of drug-likeness (QED) is 0.920. The predicted octanol–water partition coefficient (Wildman–Crippen LogP) is 3.54. The Morgan fingerprint density at radius 3 is 2.33 bits per heavy atom. The summed E-state index contributed by atoms with van der Waals surface area (Å²) in [4.78, 5) is 14.3. The van der Waals surface area contributed by atoms with Gasteiger partial charge in [0.05, 0.1) is 5.41 Å². The minimum atomic E-state index is -0.540. The van der Waals surface area contributed by atoms with E-state index in [1.165, 1.54) is 5.56 Å². The van der Waals surface area contributed by atoms with Crippen molar-refractivity contribution in [2.24, 2.45) is 11.3 Å². The molecule has 0 radical (unpaired) electrons. The molecule has 1 saturated carbocycles. The molecule has 3 nitrogen and oxygen atoms in total. The smallest absolute Gasteiger partial charge is 0.309 e. The maximum Gasteiger partial charge on any atom is 0.309 e. The third kappa shape index (κ3) is 2.98. The lowest BCUT2D eigenvalue weighted by molar-refractivity contribution is -0.153. The monoisotopic (exact) mass is 287 g/mol. The fourth-order valence-corrected chi connectivity index (χ4v) is 4.29. The molecule has 1 heterocycles. The maximum absolute atomic E-state index is 11.8. The van der Waals surface area contributed by atoms with Gasteiger partial charge in [0, 0.05) is 6.54 Å². The van der Waals surface area contributed by atoms with E-state index in [9.17, 15) is 9.90 Å². The van der Waals surface area contributed by atoms with Gasteiger partial charge in [-0.1, -0.05) is 43.2 Å². The van der Waals surface area contributed by atoms with E-state index >= 15 is 0 Å². The van der Waals surface area contributed by atoms with Gasteiger partial charge in [0.15, 0.2) is 0 Å². The highest BCUT2D eigenvalue weighted by Crippen LogP contribution is 2.48. The normalized spacial score (nSPS) is 23.2. The second-order valence-electron chi connectivity index (χ2n) is 6.70. The summed E-state index contributed by atoms with van der Waals surface area (Å²) in [6.07, 6.45) is 6.06. The average Bonchev–Trinajstić information content (AvgIpc) is 3.00. The van der Waals surface area contributed by atoms with Crippen LogP contribution in [0.5, 0.6) is 0 Å². The number of likely N-dealkylation sites (tertiary alicyclic amines) is 1. The number of hydrogen-bond acceptors (Lipinski definition) is 2. The first-order valence-electron chi connectivity index (χ1n) is 8.20. The minimum Gasteiger partial charge on any atom is -0.481 e. The van der Waals surface area contributed by atoms with Gasteiger partial charge in [-0.3, -0.25) is 9.69 Å². The van der Waals surface area contributed by atoms with Gasteiger partial charge < -0.3 is 5.11 Å². The van der Waals surface area contributed by atoms with Crippen LogP contribution >= 0.6 is 0 Å². The molecule has 3 rings (SSSR count). The number of piperidine rings is 1. The van der Waals surface area contributed by atoms with Crippen LogP contribution in [0.15, 0.2) is 30.3 Å². The molecule has 2 fully saturated rings. The summed E-state index contributed by atoms with van der Waals surface area (Å²) in [7, 11) is 0. The van der Waals surface area contributed by atoms with Crippen LogP contribution in [-0.4, -0.2) is 29.1 Å². The molecule has 0 spiro atoms. The Morgan fingerprint density at radius 2 is 1.76 bits per heavy atom. The number of carbonyl (C=O) groups is 1. The SMILES string of the molecule is O=C(O)C1(C2CCN(Cc3ccccc3)CC2)CCCC1. The van der Waals surface area contributed by atoms with E-state index < -0.39 is 11.4 Å². The van der Waals surface area contributed by atoms with Crippen LogP contribution in [0.1, 0.15) is 44.1 Å². The first kappa shape index (κ1) is 14.6. The van der Waals surface area contributed by atoms with E-state index in [4.69, 9.17) is 0 Å². The van der Waals surface area contributed by atoms with Crippen LogP contribution in [-0.2, 0) is 11.3 Å². The van der Waals surface area contributed by atoms with Crippen molar-refractivity contribution in [3.8, 4) is 0 Å². The maximum atomic E-state index is 11.8. The van der Waals surface area contributed by atoms with Gasteiger partial charge in [-0.15, -0.1) is 0 Å². The Kier molecular flexibility index (Phi) is 4.29. The van der Waals surface area contributed by atoms with E-state index in [2.05, 4.69) is 29.2 Å². The van der Waals surface area contributed by atoms with Crippen LogP contribution in [0.2, 0.25) is 0 Å². The Morgan fingerprint density at radius 1 is 1.14 bits per heavy atom. The number of carboxylic acids is 1. The van der Waals surface area contributed by atoms with Crippen molar-refractivity contribution >= 4 is 5.97 Å². The zero-order chi connectivity index (χ0) is 14.7. The van der Waals surface area contributed by atoms with Crippen LogP contribution < -0.4 is 0 Å². The molecule has 21 heavy (non-hydrogen) atoms. The zero-order valence-corrected chi connectivity index (χ0v) is 12.6. The number of aliphatic carboxylic acids is 1. The van der Waals surface area contributed by atoms with Crippen molar-refractivity contribution in [3.05, 3.63) is 35.9 Å². The van der Waals surface area contributed by atoms with E-state index in [1.807, 2.05) is 6.07 Å². The van der Waals surface area contributed by atoms with Crippen molar-refractivity contribution in [2.75, 3.05) is 13.1 Å². The topological polar surface area (TPSA) is 40.5 Å². The molecule has 1 aromatic rings. The fraction of sp³-hybridized carbons (Fsp3) is 0.611. The average molecular weight is 287 g/mol. The first-order valence-corrected chi connectivity index (χ1v) is 8.20. The second-order valence-corrected chi connectivity index (χ2v) is 6.70. The molecule has 1 aromatic carbocycles. The van der Waals surface area contributed by atoms with Gasteiger partial charge >= 0.3 is 5.97 Å². The number of nitrogens with zero attached hydrogens (tertiary/aromatic N) is 1.